The minimum Gasteiger partial charge on any atom is -0.497 e. The van der Waals surface area contributed by atoms with Crippen molar-refractivity contribution in [1.29, 1.82) is 0 Å². The third-order valence-electron chi connectivity index (χ3n) is 5.29. The maximum atomic E-state index is 6.31. The Balaban J connectivity index is 1.65. The Kier molecular flexibility index (Phi) is 6.68. The number of methoxy groups -OCH3 is 3. The highest BCUT2D eigenvalue weighted by molar-refractivity contribution is 6.04. The molecule has 0 radical (unpaired) electrons. The zero-order valence-electron chi connectivity index (χ0n) is 19.5. The molecular formula is C26H26N4O4. The second kappa shape index (κ2) is 9.99. The molecule has 4 aromatic rings. The van der Waals surface area contributed by atoms with Crippen LogP contribution in [-0.4, -0.2) is 39.2 Å². The molecule has 3 aromatic carbocycles. The van der Waals surface area contributed by atoms with E-state index in [0.717, 1.165) is 33.6 Å². The lowest BCUT2D eigenvalue weighted by molar-refractivity contribution is 0.355. The Labute approximate surface area is 198 Å². The van der Waals surface area contributed by atoms with Crippen molar-refractivity contribution in [2.45, 2.75) is 0 Å². The highest BCUT2D eigenvalue weighted by atomic mass is 16.5. The molecule has 174 valence electrons. The lowest BCUT2D eigenvalue weighted by Crippen LogP contribution is -2.15. The lowest BCUT2D eigenvalue weighted by Gasteiger charge is -2.14. The predicted octanol–water partition coefficient (Wildman–Crippen LogP) is 5.13. The number of rotatable bonds is 8. The molecule has 1 aromatic heterocycles. The van der Waals surface area contributed by atoms with Crippen LogP contribution >= 0.6 is 0 Å². The van der Waals surface area contributed by atoms with Crippen LogP contribution in [0.2, 0.25) is 0 Å². The molecule has 8 nitrogen and oxygen atoms in total. The van der Waals surface area contributed by atoms with Crippen LogP contribution in [0.15, 0.2) is 71.9 Å². The van der Waals surface area contributed by atoms with Gasteiger partial charge in [0.1, 0.15) is 23.1 Å². The fourth-order valence-corrected chi connectivity index (χ4v) is 3.54. The van der Waals surface area contributed by atoms with E-state index in [9.17, 15) is 0 Å². The Morgan fingerprint density at radius 1 is 0.824 bits per heavy atom. The number of hydrogen-bond donors (Lipinski definition) is 2. The summed E-state index contributed by atoms with van der Waals surface area (Å²) >= 11 is 0. The summed E-state index contributed by atoms with van der Waals surface area (Å²) < 4.78 is 22.2. The van der Waals surface area contributed by atoms with E-state index < -0.39 is 0 Å². The topological polar surface area (TPSA) is 100 Å². The number of aromatic nitrogens is 1. The van der Waals surface area contributed by atoms with E-state index in [2.05, 4.69) is 15.3 Å². The van der Waals surface area contributed by atoms with Crippen LogP contribution in [0.4, 0.5) is 11.4 Å². The molecule has 0 spiro atoms. The highest BCUT2D eigenvalue weighted by Crippen LogP contribution is 2.37. The van der Waals surface area contributed by atoms with Gasteiger partial charge < -0.3 is 30.0 Å². The number of benzene rings is 3. The number of ether oxygens (including phenoxy) is 4. The summed E-state index contributed by atoms with van der Waals surface area (Å²) in [6.07, 6.45) is 1.69. The first kappa shape index (κ1) is 22.7. The summed E-state index contributed by atoms with van der Waals surface area (Å²) in [6, 6.07) is 18.4. The summed E-state index contributed by atoms with van der Waals surface area (Å²) in [6.45, 7) is 0. The number of anilines is 1. The average molecular weight is 459 g/mol. The fourth-order valence-electron chi connectivity index (χ4n) is 3.54. The van der Waals surface area contributed by atoms with E-state index in [1.54, 1.807) is 33.6 Å². The molecule has 0 saturated carbocycles. The molecule has 0 amide bonds. The third kappa shape index (κ3) is 4.66. The van der Waals surface area contributed by atoms with Gasteiger partial charge in [0.25, 0.3) is 0 Å². The van der Waals surface area contributed by atoms with Gasteiger partial charge in [0, 0.05) is 42.0 Å². The third-order valence-corrected chi connectivity index (χ3v) is 5.29. The summed E-state index contributed by atoms with van der Waals surface area (Å²) in [5, 5.41) is 3.97. The minimum absolute atomic E-state index is 0.382. The molecule has 8 heteroatoms. The van der Waals surface area contributed by atoms with Crippen molar-refractivity contribution in [2.24, 2.45) is 10.7 Å². The van der Waals surface area contributed by atoms with Gasteiger partial charge in [-0.1, -0.05) is 0 Å². The Morgan fingerprint density at radius 3 is 2.21 bits per heavy atom. The molecule has 0 aliphatic carbocycles. The van der Waals surface area contributed by atoms with Crippen LogP contribution in [0.5, 0.6) is 28.7 Å². The molecule has 3 N–H and O–H groups in total. The SMILES string of the molecule is CNc1cc(Oc2ccnc3cc(OC)c(OC)cc23)ccc1C(N)=Nc1ccc(OC)cc1. The first-order valence-electron chi connectivity index (χ1n) is 10.5. The van der Waals surface area contributed by atoms with Gasteiger partial charge in [0.2, 0.25) is 0 Å². The van der Waals surface area contributed by atoms with Crippen molar-refractivity contribution in [1.82, 2.24) is 4.98 Å². The zero-order valence-corrected chi connectivity index (χ0v) is 19.5. The van der Waals surface area contributed by atoms with Gasteiger partial charge in [0.15, 0.2) is 11.5 Å². The number of fused-ring (bicyclic) bond motifs is 1. The van der Waals surface area contributed by atoms with Crippen LogP contribution in [0, 0.1) is 0 Å². The second-order valence-corrected chi connectivity index (χ2v) is 7.29. The summed E-state index contributed by atoms with van der Waals surface area (Å²) in [7, 11) is 6.63. The minimum atomic E-state index is 0.382. The number of hydrogen-bond acceptors (Lipinski definition) is 7. The molecule has 0 unspecified atom stereocenters. The van der Waals surface area contributed by atoms with Gasteiger partial charge in [0.05, 0.1) is 32.5 Å². The maximum Gasteiger partial charge on any atom is 0.162 e. The van der Waals surface area contributed by atoms with Gasteiger partial charge >= 0.3 is 0 Å². The average Bonchev–Trinajstić information content (AvgIpc) is 2.88. The maximum absolute atomic E-state index is 6.31. The Morgan fingerprint density at radius 2 is 1.53 bits per heavy atom. The molecule has 0 atom stereocenters. The van der Waals surface area contributed by atoms with Gasteiger partial charge in [-0.2, -0.15) is 0 Å². The highest BCUT2D eigenvalue weighted by Gasteiger charge is 2.13. The molecule has 0 saturated heterocycles. The molecule has 34 heavy (non-hydrogen) atoms. The number of nitrogens with zero attached hydrogens (tertiary/aromatic N) is 2. The molecular weight excluding hydrogens is 432 g/mol. The Hall–Kier alpha value is -4.46. The molecule has 1 heterocycles. The lowest BCUT2D eigenvalue weighted by atomic mass is 10.1. The summed E-state index contributed by atoms with van der Waals surface area (Å²) in [5.74, 6) is 3.62. The zero-order chi connectivity index (χ0) is 24.1. The molecule has 0 aliphatic heterocycles. The Bertz CT molecular complexity index is 1340. The van der Waals surface area contributed by atoms with Gasteiger partial charge in [-0.15, -0.1) is 0 Å². The van der Waals surface area contributed by atoms with Crippen molar-refractivity contribution in [3.63, 3.8) is 0 Å². The summed E-state index contributed by atoms with van der Waals surface area (Å²) in [4.78, 5) is 8.95. The normalized spacial score (nSPS) is 11.2. The summed E-state index contributed by atoms with van der Waals surface area (Å²) in [5.41, 5.74) is 9.32. The second-order valence-electron chi connectivity index (χ2n) is 7.29. The van der Waals surface area contributed by atoms with Crippen molar-refractivity contribution in [2.75, 3.05) is 33.7 Å². The standard InChI is InChI=1S/C26H26N4O4/c1-28-21-13-18(9-10-19(21)26(27)30-16-5-7-17(31-2)8-6-16)34-23-11-12-29-22-15-25(33-4)24(32-3)14-20(22)23/h5-15,28H,1-4H3,(H2,27,30). The van der Waals surface area contributed by atoms with Crippen molar-refractivity contribution in [3.05, 3.63) is 72.4 Å². The number of aliphatic imine (C=N–C) groups is 1. The number of nitrogens with two attached hydrogens (primary N) is 1. The fraction of sp³-hybridized carbons (Fsp3) is 0.154. The van der Waals surface area contributed by atoms with Gasteiger partial charge in [-0.3, -0.25) is 4.98 Å². The van der Waals surface area contributed by atoms with Crippen molar-refractivity contribution < 1.29 is 18.9 Å². The van der Waals surface area contributed by atoms with Crippen LogP contribution in [0.25, 0.3) is 10.9 Å². The van der Waals surface area contributed by atoms with Crippen molar-refractivity contribution in [3.8, 4) is 28.7 Å². The van der Waals surface area contributed by atoms with E-state index in [0.29, 0.717) is 28.8 Å². The van der Waals surface area contributed by atoms with Crippen LogP contribution in [0.1, 0.15) is 5.56 Å². The number of amidine groups is 1. The van der Waals surface area contributed by atoms with Crippen LogP contribution in [-0.2, 0) is 0 Å². The van der Waals surface area contributed by atoms with E-state index in [4.69, 9.17) is 24.7 Å². The largest absolute Gasteiger partial charge is 0.497 e. The van der Waals surface area contributed by atoms with Crippen LogP contribution < -0.4 is 30.0 Å². The van der Waals surface area contributed by atoms with E-state index in [-0.39, 0.29) is 0 Å². The quantitative estimate of drug-likeness (QED) is 0.279. The molecule has 4 rings (SSSR count). The monoisotopic (exact) mass is 458 g/mol. The molecule has 0 bridgehead atoms. The molecule has 0 aliphatic rings. The predicted molar refractivity (Wildman–Crippen MR) is 134 cm³/mol. The molecule has 0 fully saturated rings. The van der Waals surface area contributed by atoms with E-state index >= 15 is 0 Å². The van der Waals surface area contributed by atoms with Gasteiger partial charge in [-0.25, -0.2) is 4.99 Å². The first-order valence-corrected chi connectivity index (χ1v) is 10.5. The van der Waals surface area contributed by atoms with Crippen LogP contribution in [0.3, 0.4) is 0 Å². The number of pyridine rings is 1. The smallest absolute Gasteiger partial charge is 0.162 e. The number of nitrogens with one attached hydrogen (secondary N) is 1. The van der Waals surface area contributed by atoms with Crippen molar-refractivity contribution >= 4 is 28.1 Å². The van der Waals surface area contributed by atoms with E-state index in [1.165, 1.54) is 0 Å². The van der Waals surface area contributed by atoms with Gasteiger partial charge in [-0.05, 0) is 48.5 Å². The van der Waals surface area contributed by atoms with E-state index in [1.807, 2.05) is 61.6 Å². The first-order chi connectivity index (χ1) is 16.6.